The Balaban J connectivity index is 0.00000338. The van der Waals surface area contributed by atoms with Crippen molar-refractivity contribution >= 4 is 18.3 Å². The van der Waals surface area contributed by atoms with Gasteiger partial charge in [-0.2, -0.15) is 22.8 Å². The average molecular weight is 397 g/mol. The zero-order chi connectivity index (χ0) is 18.6. The van der Waals surface area contributed by atoms with Crippen molar-refractivity contribution in [3.63, 3.8) is 0 Å². The van der Waals surface area contributed by atoms with Gasteiger partial charge in [-0.15, -0.1) is 22.6 Å². The van der Waals surface area contributed by atoms with Crippen LogP contribution in [0, 0.1) is 6.92 Å². The van der Waals surface area contributed by atoms with Gasteiger partial charge in [0.1, 0.15) is 5.82 Å². The highest BCUT2D eigenvalue weighted by atomic mass is 35.5. The molecule has 13 heteroatoms. The van der Waals surface area contributed by atoms with Crippen LogP contribution in [-0.4, -0.2) is 48.4 Å². The summed E-state index contributed by atoms with van der Waals surface area (Å²) in [6.07, 6.45) is -2.08. The number of carbonyl (C=O) groups excluding carboxylic acids is 1. The molecule has 9 nitrogen and oxygen atoms in total. The summed E-state index contributed by atoms with van der Waals surface area (Å²) in [7, 11) is 0. The minimum absolute atomic E-state index is 0. The van der Waals surface area contributed by atoms with Crippen LogP contribution < -0.4 is 11.1 Å². The first-order valence-corrected chi connectivity index (χ1v) is 7.70. The third-order valence-electron chi connectivity index (χ3n) is 3.43. The van der Waals surface area contributed by atoms with E-state index in [9.17, 15) is 18.0 Å². The molecule has 26 heavy (non-hydrogen) atoms. The van der Waals surface area contributed by atoms with Crippen molar-refractivity contribution in [1.29, 1.82) is 0 Å². The molecule has 1 amide bonds. The third kappa shape index (κ3) is 5.14. The first-order valence-electron chi connectivity index (χ1n) is 7.70. The van der Waals surface area contributed by atoms with E-state index in [0.29, 0.717) is 6.42 Å². The van der Waals surface area contributed by atoms with Gasteiger partial charge in [-0.05, 0) is 13.3 Å². The standard InChI is InChI=1S/C13H19F3N8O.ClH/c1-3-4-5-8(6-17)19-10(25)9-18-7(2)24(23-9)12-20-11(21-22-12)13(14,15)16;/h8H,3-6,17H2,1-2H3,(H,19,25)(H,20,21,22);1H. The van der Waals surface area contributed by atoms with Crippen LogP contribution in [-0.2, 0) is 6.18 Å². The predicted molar refractivity (Wildman–Crippen MR) is 88.1 cm³/mol. The van der Waals surface area contributed by atoms with Gasteiger partial charge in [0.25, 0.3) is 11.9 Å². The number of halogens is 4. The van der Waals surface area contributed by atoms with Crippen LogP contribution in [0.3, 0.4) is 0 Å². The Morgan fingerprint density at radius 2 is 2.08 bits per heavy atom. The second-order valence-corrected chi connectivity index (χ2v) is 5.42. The summed E-state index contributed by atoms with van der Waals surface area (Å²) < 4.78 is 38.7. The van der Waals surface area contributed by atoms with E-state index in [-0.39, 0.29) is 42.6 Å². The molecule has 4 N–H and O–H groups in total. The summed E-state index contributed by atoms with van der Waals surface area (Å²) in [6, 6.07) is -0.222. The maximum Gasteiger partial charge on any atom is 0.451 e. The Morgan fingerprint density at radius 1 is 1.38 bits per heavy atom. The molecule has 0 fully saturated rings. The Morgan fingerprint density at radius 3 is 2.62 bits per heavy atom. The number of unbranched alkanes of at least 4 members (excludes halogenated alkanes) is 1. The summed E-state index contributed by atoms with van der Waals surface area (Å²) in [5.74, 6) is -2.18. The fourth-order valence-electron chi connectivity index (χ4n) is 2.10. The number of aromatic nitrogens is 6. The van der Waals surface area contributed by atoms with E-state index in [2.05, 4.69) is 25.5 Å². The first-order chi connectivity index (χ1) is 11.8. The summed E-state index contributed by atoms with van der Waals surface area (Å²) in [5.41, 5.74) is 5.62. The number of hydrogen-bond donors (Lipinski definition) is 3. The van der Waals surface area contributed by atoms with Crippen LogP contribution in [0.25, 0.3) is 5.95 Å². The summed E-state index contributed by atoms with van der Waals surface area (Å²) in [4.78, 5) is 19.5. The molecule has 1 unspecified atom stereocenters. The summed E-state index contributed by atoms with van der Waals surface area (Å²) in [6.45, 7) is 3.76. The molecule has 0 aromatic carbocycles. The molecule has 2 aromatic rings. The molecule has 2 aromatic heterocycles. The van der Waals surface area contributed by atoms with E-state index in [1.165, 1.54) is 6.92 Å². The maximum atomic E-state index is 12.6. The number of nitrogens with two attached hydrogens (primary N) is 1. The van der Waals surface area contributed by atoms with Crippen LogP contribution in [0.15, 0.2) is 0 Å². The molecule has 0 radical (unpaired) electrons. The SMILES string of the molecule is CCCCC(CN)NC(=O)c1nc(C)n(-c2n[nH]c(C(F)(F)F)n2)n1.Cl. The molecule has 146 valence electrons. The van der Waals surface area contributed by atoms with E-state index in [4.69, 9.17) is 5.73 Å². The summed E-state index contributed by atoms with van der Waals surface area (Å²) in [5, 5.41) is 11.8. The van der Waals surface area contributed by atoms with Crippen LogP contribution in [0.5, 0.6) is 0 Å². The van der Waals surface area contributed by atoms with Crippen LogP contribution in [0.2, 0.25) is 0 Å². The minimum atomic E-state index is -4.66. The minimum Gasteiger partial charge on any atom is -0.345 e. The zero-order valence-corrected chi connectivity index (χ0v) is 15.0. The van der Waals surface area contributed by atoms with Crippen molar-refractivity contribution in [2.45, 2.75) is 45.3 Å². The highest BCUT2D eigenvalue weighted by molar-refractivity contribution is 5.90. The molecule has 0 aliphatic heterocycles. The molecule has 0 aliphatic carbocycles. The smallest absolute Gasteiger partial charge is 0.345 e. The number of rotatable bonds is 7. The maximum absolute atomic E-state index is 12.6. The van der Waals surface area contributed by atoms with Crippen molar-refractivity contribution in [3.8, 4) is 5.95 Å². The lowest BCUT2D eigenvalue weighted by atomic mass is 10.1. The van der Waals surface area contributed by atoms with Crippen molar-refractivity contribution < 1.29 is 18.0 Å². The van der Waals surface area contributed by atoms with Crippen molar-refractivity contribution in [2.75, 3.05) is 6.54 Å². The van der Waals surface area contributed by atoms with Gasteiger partial charge in [0.05, 0.1) is 0 Å². The van der Waals surface area contributed by atoms with E-state index in [0.717, 1.165) is 17.5 Å². The van der Waals surface area contributed by atoms with E-state index < -0.39 is 17.9 Å². The monoisotopic (exact) mass is 396 g/mol. The van der Waals surface area contributed by atoms with Crippen molar-refractivity contribution in [1.82, 2.24) is 35.3 Å². The number of nitrogens with zero attached hydrogens (tertiary/aromatic N) is 5. The molecular weight excluding hydrogens is 377 g/mol. The van der Waals surface area contributed by atoms with E-state index in [1.807, 2.05) is 6.92 Å². The molecule has 0 spiro atoms. The second-order valence-electron chi connectivity index (χ2n) is 5.42. The Labute approximate surface area is 153 Å². The molecule has 1 atom stereocenters. The van der Waals surface area contributed by atoms with Gasteiger partial charge in [0.15, 0.2) is 0 Å². The Bertz CT molecular complexity index is 729. The number of alkyl halides is 3. The molecule has 0 bridgehead atoms. The van der Waals surface area contributed by atoms with Crippen molar-refractivity contribution in [3.05, 3.63) is 17.5 Å². The highest BCUT2D eigenvalue weighted by Gasteiger charge is 2.35. The van der Waals surface area contributed by atoms with Gasteiger partial charge in [0, 0.05) is 12.6 Å². The average Bonchev–Trinajstić information content (AvgIpc) is 3.17. The topological polar surface area (TPSA) is 127 Å². The third-order valence-corrected chi connectivity index (χ3v) is 3.43. The predicted octanol–water partition coefficient (Wildman–Crippen LogP) is 1.38. The zero-order valence-electron chi connectivity index (χ0n) is 14.2. The van der Waals surface area contributed by atoms with Crippen LogP contribution in [0.1, 0.15) is 48.5 Å². The number of amides is 1. The van der Waals surface area contributed by atoms with Gasteiger partial charge in [-0.25, -0.2) is 4.98 Å². The molecular formula is C13H20ClF3N8O. The Kier molecular flexibility index (Phi) is 7.51. The lowest BCUT2D eigenvalue weighted by molar-refractivity contribution is -0.144. The van der Waals surface area contributed by atoms with E-state index >= 15 is 0 Å². The van der Waals surface area contributed by atoms with Gasteiger partial charge in [-0.3, -0.25) is 9.89 Å². The molecule has 0 saturated heterocycles. The lowest BCUT2D eigenvalue weighted by Crippen LogP contribution is -2.40. The lowest BCUT2D eigenvalue weighted by Gasteiger charge is -2.14. The van der Waals surface area contributed by atoms with Gasteiger partial charge in [0.2, 0.25) is 11.6 Å². The normalized spacial score (nSPS) is 12.5. The second kappa shape index (κ2) is 8.94. The molecule has 2 rings (SSSR count). The molecule has 0 saturated carbocycles. The molecule has 0 aliphatic rings. The van der Waals surface area contributed by atoms with E-state index in [1.54, 1.807) is 5.10 Å². The molecule has 2 heterocycles. The van der Waals surface area contributed by atoms with Crippen molar-refractivity contribution in [2.24, 2.45) is 5.73 Å². The number of hydrogen-bond acceptors (Lipinski definition) is 6. The van der Waals surface area contributed by atoms with Gasteiger partial charge >= 0.3 is 6.18 Å². The fourth-order valence-corrected chi connectivity index (χ4v) is 2.10. The van der Waals surface area contributed by atoms with Crippen LogP contribution in [0.4, 0.5) is 13.2 Å². The van der Waals surface area contributed by atoms with Gasteiger partial charge < -0.3 is 11.1 Å². The number of H-pyrrole nitrogens is 1. The highest BCUT2D eigenvalue weighted by Crippen LogP contribution is 2.26. The number of aryl methyl sites for hydroxylation is 1. The van der Waals surface area contributed by atoms with Crippen LogP contribution >= 0.6 is 12.4 Å². The van der Waals surface area contributed by atoms with Gasteiger partial charge in [-0.1, -0.05) is 19.8 Å². The number of carbonyl (C=O) groups is 1. The summed E-state index contributed by atoms with van der Waals surface area (Å²) >= 11 is 0. The number of aromatic amines is 1. The largest absolute Gasteiger partial charge is 0.451 e. The fraction of sp³-hybridized carbons (Fsp3) is 0.615. The first kappa shape index (κ1) is 21.8. The quantitative estimate of drug-likeness (QED) is 0.648. The number of nitrogens with one attached hydrogen (secondary N) is 2. The Hall–Kier alpha value is -2.21.